The van der Waals surface area contributed by atoms with Gasteiger partial charge in [0.25, 0.3) is 0 Å². The predicted molar refractivity (Wildman–Crippen MR) is 98.1 cm³/mol. The van der Waals surface area contributed by atoms with Crippen molar-refractivity contribution < 1.29 is 9.53 Å². The van der Waals surface area contributed by atoms with Gasteiger partial charge in [-0.2, -0.15) is 0 Å². The molecule has 0 saturated carbocycles. The second-order valence-corrected chi connectivity index (χ2v) is 7.50. The molecule has 134 valence electrons. The van der Waals surface area contributed by atoms with E-state index in [0.717, 1.165) is 25.6 Å². The molecule has 2 rings (SSSR count). The Hall–Kier alpha value is -1.39. The standard InChI is InChI=1S/C20H32N2O2/c1-15(2)10-11-21-12-16(3)22(17(4)13-21)14-18-6-8-19(9-7-18)20(23)24-5/h6-9,15-17H,10-14H2,1-5H3/t16-,17+. The smallest absolute Gasteiger partial charge is 0.337 e. The third-order valence-corrected chi connectivity index (χ3v) is 4.94. The number of hydrogen-bond donors (Lipinski definition) is 0. The largest absolute Gasteiger partial charge is 0.465 e. The molecule has 2 atom stereocenters. The Morgan fingerprint density at radius 1 is 1.17 bits per heavy atom. The zero-order chi connectivity index (χ0) is 17.7. The van der Waals surface area contributed by atoms with Crippen LogP contribution in [-0.4, -0.2) is 54.6 Å². The highest BCUT2D eigenvalue weighted by atomic mass is 16.5. The van der Waals surface area contributed by atoms with Crippen LogP contribution in [0.4, 0.5) is 0 Å². The van der Waals surface area contributed by atoms with Crippen LogP contribution in [-0.2, 0) is 11.3 Å². The molecule has 1 saturated heterocycles. The third kappa shape index (κ3) is 5.05. The van der Waals surface area contributed by atoms with Crippen LogP contribution in [0.5, 0.6) is 0 Å². The van der Waals surface area contributed by atoms with E-state index in [9.17, 15) is 4.79 Å². The number of hydrogen-bond acceptors (Lipinski definition) is 4. The highest BCUT2D eigenvalue weighted by molar-refractivity contribution is 5.89. The molecule has 0 aromatic heterocycles. The van der Waals surface area contributed by atoms with Gasteiger partial charge < -0.3 is 9.64 Å². The molecule has 0 bridgehead atoms. The average Bonchev–Trinajstić information content (AvgIpc) is 2.56. The maximum absolute atomic E-state index is 11.5. The Morgan fingerprint density at radius 3 is 2.25 bits per heavy atom. The minimum Gasteiger partial charge on any atom is -0.465 e. The van der Waals surface area contributed by atoms with Gasteiger partial charge in [-0.05, 0) is 50.4 Å². The fraction of sp³-hybridized carbons (Fsp3) is 0.650. The van der Waals surface area contributed by atoms with Crippen LogP contribution in [0.3, 0.4) is 0 Å². The molecule has 1 heterocycles. The third-order valence-electron chi connectivity index (χ3n) is 4.94. The summed E-state index contributed by atoms with van der Waals surface area (Å²) in [7, 11) is 1.42. The van der Waals surface area contributed by atoms with Crippen LogP contribution in [0.15, 0.2) is 24.3 Å². The van der Waals surface area contributed by atoms with Crippen molar-refractivity contribution in [1.82, 2.24) is 9.80 Å². The lowest BCUT2D eigenvalue weighted by atomic mass is 10.0. The van der Waals surface area contributed by atoms with Crippen molar-refractivity contribution in [1.29, 1.82) is 0 Å². The monoisotopic (exact) mass is 332 g/mol. The number of esters is 1. The molecule has 0 spiro atoms. The molecule has 1 aliphatic heterocycles. The molecule has 1 aliphatic rings. The zero-order valence-electron chi connectivity index (χ0n) is 15.8. The lowest BCUT2D eigenvalue weighted by Gasteiger charge is -2.44. The van der Waals surface area contributed by atoms with E-state index in [1.165, 1.54) is 25.6 Å². The van der Waals surface area contributed by atoms with Crippen molar-refractivity contribution in [2.75, 3.05) is 26.7 Å². The van der Waals surface area contributed by atoms with Crippen LogP contribution in [0.1, 0.15) is 50.0 Å². The summed E-state index contributed by atoms with van der Waals surface area (Å²) in [6.07, 6.45) is 1.27. The Balaban J connectivity index is 1.94. The van der Waals surface area contributed by atoms with Crippen LogP contribution < -0.4 is 0 Å². The Labute approximate surface area is 146 Å². The molecule has 1 aromatic carbocycles. The Morgan fingerprint density at radius 2 is 1.75 bits per heavy atom. The summed E-state index contributed by atoms with van der Waals surface area (Å²) in [4.78, 5) is 16.7. The van der Waals surface area contributed by atoms with Crippen molar-refractivity contribution in [2.45, 2.75) is 52.7 Å². The van der Waals surface area contributed by atoms with Crippen LogP contribution in [0.25, 0.3) is 0 Å². The molecule has 24 heavy (non-hydrogen) atoms. The minimum absolute atomic E-state index is 0.276. The molecule has 0 unspecified atom stereocenters. The van der Waals surface area contributed by atoms with E-state index in [1.54, 1.807) is 0 Å². The van der Waals surface area contributed by atoms with E-state index in [4.69, 9.17) is 4.74 Å². The topological polar surface area (TPSA) is 32.8 Å². The van der Waals surface area contributed by atoms with Gasteiger partial charge in [0.2, 0.25) is 0 Å². The SMILES string of the molecule is COC(=O)c1ccc(CN2[C@H](C)CN(CCC(C)C)C[C@@H]2C)cc1. The molecule has 0 radical (unpaired) electrons. The van der Waals surface area contributed by atoms with Crippen LogP contribution in [0, 0.1) is 5.92 Å². The van der Waals surface area contributed by atoms with Gasteiger partial charge in [0.05, 0.1) is 12.7 Å². The fourth-order valence-corrected chi connectivity index (χ4v) is 3.48. The number of nitrogens with zero attached hydrogens (tertiary/aromatic N) is 2. The predicted octanol–water partition coefficient (Wildman–Crippen LogP) is 3.41. The number of piperazine rings is 1. The van der Waals surface area contributed by atoms with Crippen molar-refractivity contribution >= 4 is 5.97 Å². The molecular formula is C20H32N2O2. The number of ether oxygens (including phenoxy) is 1. The van der Waals surface area contributed by atoms with Crippen molar-refractivity contribution in [3.05, 3.63) is 35.4 Å². The van der Waals surface area contributed by atoms with Crippen molar-refractivity contribution in [3.8, 4) is 0 Å². The first-order chi connectivity index (χ1) is 11.4. The molecule has 4 nitrogen and oxygen atoms in total. The normalized spacial score (nSPS) is 22.8. The lowest BCUT2D eigenvalue weighted by molar-refractivity contribution is 0.0309. The summed E-state index contributed by atoms with van der Waals surface area (Å²) >= 11 is 0. The number of carbonyl (C=O) groups excluding carboxylic acids is 1. The van der Waals surface area contributed by atoms with E-state index in [0.29, 0.717) is 17.6 Å². The van der Waals surface area contributed by atoms with Gasteiger partial charge >= 0.3 is 5.97 Å². The highest BCUT2D eigenvalue weighted by Gasteiger charge is 2.29. The molecule has 4 heteroatoms. The quantitative estimate of drug-likeness (QED) is 0.747. The van der Waals surface area contributed by atoms with Gasteiger partial charge in [-0.15, -0.1) is 0 Å². The minimum atomic E-state index is -0.276. The van der Waals surface area contributed by atoms with Crippen LogP contribution in [0.2, 0.25) is 0 Å². The molecular weight excluding hydrogens is 300 g/mol. The maximum atomic E-state index is 11.5. The first kappa shape index (κ1) is 18.9. The van der Waals surface area contributed by atoms with Crippen molar-refractivity contribution in [2.24, 2.45) is 5.92 Å². The molecule has 1 fully saturated rings. The number of methoxy groups -OCH3 is 1. The van der Waals surface area contributed by atoms with Gasteiger partial charge in [0, 0.05) is 31.7 Å². The highest BCUT2D eigenvalue weighted by Crippen LogP contribution is 2.20. The summed E-state index contributed by atoms with van der Waals surface area (Å²) in [6, 6.07) is 8.88. The summed E-state index contributed by atoms with van der Waals surface area (Å²) in [5.41, 5.74) is 1.86. The molecule has 0 amide bonds. The first-order valence-corrected chi connectivity index (χ1v) is 9.06. The van der Waals surface area contributed by atoms with E-state index in [-0.39, 0.29) is 5.97 Å². The average molecular weight is 332 g/mol. The second-order valence-electron chi connectivity index (χ2n) is 7.50. The van der Waals surface area contributed by atoms with Gasteiger partial charge in [0.15, 0.2) is 0 Å². The second kappa shape index (κ2) is 8.63. The molecule has 1 aromatic rings. The van der Waals surface area contributed by atoms with E-state index in [2.05, 4.69) is 37.5 Å². The van der Waals surface area contributed by atoms with E-state index in [1.807, 2.05) is 24.3 Å². The maximum Gasteiger partial charge on any atom is 0.337 e. The first-order valence-electron chi connectivity index (χ1n) is 9.06. The van der Waals surface area contributed by atoms with E-state index >= 15 is 0 Å². The number of carbonyl (C=O) groups is 1. The summed E-state index contributed by atoms with van der Waals surface area (Å²) in [6.45, 7) is 13.6. The summed E-state index contributed by atoms with van der Waals surface area (Å²) in [5.74, 6) is 0.490. The summed E-state index contributed by atoms with van der Waals surface area (Å²) in [5, 5.41) is 0. The van der Waals surface area contributed by atoms with Crippen LogP contribution >= 0.6 is 0 Å². The number of rotatable bonds is 6. The molecule has 0 N–H and O–H groups in total. The van der Waals surface area contributed by atoms with Gasteiger partial charge in [-0.3, -0.25) is 4.90 Å². The lowest BCUT2D eigenvalue weighted by Crippen LogP contribution is -2.56. The summed E-state index contributed by atoms with van der Waals surface area (Å²) < 4.78 is 4.76. The Kier molecular flexibility index (Phi) is 6.81. The van der Waals surface area contributed by atoms with Gasteiger partial charge in [-0.1, -0.05) is 26.0 Å². The van der Waals surface area contributed by atoms with E-state index < -0.39 is 0 Å². The molecule has 0 aliphatic carbocycles. The zero-order valence-corrected chi connectivity index (χ0v) is 15.8. The fourth-order valence-electron chi connectivity index (χ4n) is 3.48. The van der Waals surface area contributed by atoms with Gasteiger partial charge in [-0.25, -0.2) is 4.79 Å². The van der Waals surface area contributed by atoms with Crippen molar-refractivity contribution in [3.63, 3.8) is 0 Å². The number of benzene rings is 1. The van der Waals surface area contributed by atoms with Gasteiger partial charge in [0.1, 0.15) is 0 Å². The Bertz CT molecular complexity index is 515.